The van der Waals surface area contributed by atoms with Crippen molar-refractivity contribution in [3.05, 3.63) is 70.2 Å². The van der Waals surface area contributed by atoms with Crippen LogP contribution in [0.25, 0.3) is 0 Å². The van der Waals surface area contributed by atoms with Gasteiger partial charge in [-0.25, -0.2) is 4.79 Å². The molecule has 1 aromatic carbocycles. The molecule has 0 spiro atoms. The van der Waals surface area contributed by atoms with Crippen LogP contribution < -0.4 is 4.74 Å². The summed E-state index contributed by atoms with van der Waals surface area (Å²) in [6.07, 6.45) is 7.11. The Labute approximate surface area is 174 Å². The van der Waals surface area contributed by atoms with Crippen molar-refractivity contribution in [2.45, 2.75) is 6.42 Å². The summed E-state index contributed by atoms with van der Waals surface area (Å²) in [6.45, 7) is 0. The highest BCUT2D eigenvalue weighted by atomic mass is 16.6. The molecule has 2 aromatic rings. The van der Waals surface area contributed by atoms with E-state index in [1.165, 1.54) is 36.6 Å². The lowest BCUT2D eigenvalue weighted by Gasteiger charge is -2.13. The number of hydrogen-bond donors (Lipinski definition) is 0. The Bertz CT molecular complexity index is 1140. The Morgan fingerprint density at radius 2 is 1.87 bits per heavy atom. The maximum atomic E-state index is 12.8. The predicted octanol–water partition coefficient (Wildman–Crippen LogP) is 2.55. The summed E-state index contributed by atoms with van der Waals surface area (Å²) in [5, 5.41) is 16.3. The summed E-state index contributed by atoms with van der Waals surface area (Å²) in [5.74, 6) is -2.96. The average molecular weight is 421 g/mol. The summed E-state index contributed by atoms with van der Waals surface area (Å²) in [4.78, 5) is 48.5. The third-order valence-corrected chi connectivity index (χ3v) is 5.90. The number of benzene rings is 1. The fourth-order valence-corrected chi connectivity index (χ4v) is 4.56. The van der Waals surface area contributed by atoms with E-state index in [4.69, 9.17) is 9.15 Å². The molecule has 156 valence electrons. The van der Waals surface area contributed by atoms with Gasteiger partial charge in [-0.3, -0.25) is 19.7 Å². The van der Waals surface area contributed by atoms with Crippen molar-refractivity contribution in [1.29, 1.82) is 0 Å². The van der Waals surface area contributed by atoms with Gasteiger partial charge in [0.15, 0.2) is 0 Å². The minimum Gasteiger partial charge on any atom is -0.457 e. The summed E-state index contributed by atoms with van der Waals surface area (Å²) in [7, 11) is 0. The number of esters is 1. The first-order valence-electron chi connectivity index (χ1n) is 9.59. The number of amides is 2. The molecule has 2 fully saturated rings. The largest absolute Gasteiger partial charge is 0.457 e. The predicted molar refractivity (Wildman–Crippen MR) is 104 cm³/mol. The number of furan rings is 1. The third kappa shape index (κ3) is 2.95. The second-order valence-corrected chi connectivity index (χ2v) is 7.55. The first-order valence-corrected chi connectivity index (χ1v) is 9.59. The van der Waals surface area contributed by atoms with Crippen molar-refractivity contribution in [2.24, 2.45) is 28.8 Å². The highest BCUT2D eigenvalue weighted by Gasteiger charge is 2.59. The molecule has 0 radical (unpaired) electrons. The van der Waals surface area contributed by atoms with Crippen LogP contribution in [0.2, 0.25) is 0 Å². The average Bonchev–Trinajstić information content (AvgIpc) is 3.53. The fraction of sp³-hybridized carbons (Fsp3) is 0.238. The molecule has 1 saturated carbocycles. The number of hydrazone groups is 1. The molecule has 2 bridgehead atoms. The summed E-state index contributed by atoms with van der Waals surface area (Å²) >= 11 is 0. The summed E-state index contributed by atoms with van der Waals surface area (Å²) in [6, 6.07) is 6.81. The van der Waals surface area contributed by atoms with Gasteiger partial charge >= 0.3 is 11.7 Å². The molecule has 31 heavy (non-hydrogen) atoms. The number of carbonyl (C=O) groups is 3. The molecule has 3 aliphatic rings. The molecule has 4 atom stereocenters. The zero-order chi connectivity index (χ0) is 21.7. The highest BCUT2D eigenvalue weighted by Crippen LogP contribution is 2.52. The van der Waals surface area contributed by atoms with E-state index in [0.717, 1.165) is 17.6 Å². The van der Waals surface area contributed by atoms with Crippen LogP contribution in [0.5, 0.6) is 5.75 Å². The van der Waals surface area contributed by atoms with Crippen LogP contribution in [0.15, 0.2) is 58.3 Å². The second-order valence-electron chi connectivity index (χ2n) is 7.55. The van der Waals surface area contributed by atoms with Gasteiger partial charge in [0, 0.05) is 11.6 Å². The fourth-order valence-electron chi connectivity index (χ4n) is 4.56. The molecule has 2 amide bonds. The third-order valence-electron chi connectivity index (χ3n) is 5.90. The van der Waals surface area contributed by atoms with Gasteiger partial charge < -0.3 is 9.15 Å². The van der Waals surface area contributed by atoms with Crippen molar-refractivity contribution in [3.63, 3.8) is 0 Å². The van der Waals surface area contributed by atoms with Crippen LogP contribution in [-0.2, 0) is 9.59 Å². The molecule has 2 heterocycles. The van der Waals surface area contributed by atoms with Crippen molar-refractivity contribution in [1.82, 2.24) is 5.01 Å². The minimum atomic E-state index is -0.931. The Balaban J connectivity index is 1.45. The number of rotatable bonds is 5. The number of nitro groups is 1. The number of para-hydroxylation sites is 1. The SMILES string of the molecule is O=C(Oc1c(C=NN2C(=O)C3C4C=CC(C4)C3C2=O)cccc1[N+](=O)[O-])c1ccco1. The number of allylic oxidation sites excluding steroid dienone is 2. The topological polar surface area (TPSA) is 132 Å². The van der Waals surface area contributed by atoms with Crippen molar-refractivity contribution >= 4 is 29.7 Å². The van der Waals surface area contributed by atoms with Crippen LogP contribution >= 0.6 is 0 Å². The zero-order valence-electron chi connectivity index (χ0n) is 15.9. The first kappa shape index (κ1) is 18.9. The first-order chi connectivity index (χ1) is 15.0. The molecule has 1 aromatic heterocycles. The molecular weight excluding hydrogens is 406 g/mol. The normalized spacial score (nSPS) is 26.1. The number of hydrogen-bond acceptors (Lipinski definition) is 8. The lowest BCUT2D eigenvalue weighted by molar-refractivity contribution is -0.385. The Kier molecular flexibility index (Phi) is 4.28. The van der Waals surface area contributed by atoms with Gasteiger partial charge in [-0.2, -0.15) is 10.1 Å². The van der Waals surface area contributed by atoms with Gasteiger partial charge in [0.05, 0.1) is 29.2 Å². The summed E-state index contributed by atoms with van der Waals surface area (Å²) < 4.78 is 10.2. The van der Waals surface area contributed by atoms with Crippen LogP contribution in [-0.4, -0.2) is 33.9 Å². The van der Waals surface area contributed by atoms with Crippen molar-refractivity contribution < 1.29 is 28.5 Å². The van der Waals surface area contributed by atoms with Gasteiger partial charge in [0.1, 0.15) is 0 Å². The maximum absolute atomic E-state index is 12.8. The number of ether oxygens (including phenoxy) is 1. The van der Waals surface area contributed by atoms with Crippen molar-refractivity contribution in [3.8, 4) is 5.75 Å². The number of imide groups is 1. The van der Waals surface area contributed by atoms with Gasteiger partial charge in [0.25, 0.3) is 11.8 Å². The number of carbonyl (C=O) groups excluding carboxylic acids is 3. The van der Waals surface area contributed by atoms with Crippen LogP contribution in [0.1, 0.15) is 22.5 Å². The van der Waals surface area contributed by atoms with Crippen LogP contribution in [0.4, 0.5) is 5.69 Å². The summed E-state index contributed by atoms with van der Waals surface area (Å²) in [5.41, 5.74) is -0.407. The highest BCUT2D eigenvalue weighted by molar-refractivity contribution is 6.07. The maximum Gasteiger partial charge on any atom is 0.379 e. The van der Waals surface area contributed by atoms with Gasteiger partial charge in [0.2, 0.25) is 11.5 Å². The molecule has 2 aliphatic carbocycles. The van der Waals surface area contributed by atoms with Gasteiger partial charge in [-0.05, 0) is 36.5 Å². The molecule has 10 nitrogen and oxygen atoms in total. The molecule has 4 unspecified atom stereocenters. The standard InChI is InChI=1S/C21H15N3O7/c25-19-16-11-6-7-12(9-11)17(16)20(26)23(19)22-10-13-3-1-4-14(24(28)29)18(13)31-21(27)15-5-2-8-30-15/h1-8,10-12,16-17H,9H2. The molecule has 1 saturated heterocycles. The molecule has 0 N–H and O–H groups in total. The number of nitro benzene ring substituents is 1. The van der Waals surface area contributed by atoms with E-state index < -0.39 is 28.4 Å². The monoisotopic (exact) mass is 421 g/mol. The lowest BCUT2D eigenvalue weighted by atomic mass is 9.85. The molecule has 1 aliphatic heterocycles. The zero-order valence-corrected chi connectivity index (χ0v) is 15.9. The lowest BCUT2D eigenvalue weighted by Crippen LogP contribution is -2.28. The van der Waals surface area contributed by atoms with Crippen LogP contribution in [0, 0.1) is 33.8 Å². The quantitative estimate of drug-likeness (QED) is 0.138. The van der Waals surface area contributed by atoms with Crippen LogP contribution in [0.3, 0.4) is 0 Å². The van der Waals surface area contributed by atoms with E-state index in [1.54, 1.807) is 0 Å². The molecule has 10 heteroatoms. The van der Waals surface area contributed by atoms with E-state index in [2.05, 4.69) is 5.10 Å². The van der Waals surface area contributed by atoms with E-state index in [1.807, 2.05) is 12.2 Å². The van der Waals surface area contributed by atoms with Crippen molar-refractivity contribution in [2.75, 3.05) is 0 Å². The minimum absolute atomic E-state index is 0.0364. The van der Waals surface area contributed by atoms with Gasteiger partial charge in [-0.1, -0.05) is 18.2 Å². The van der Waals surface area contributed by atoms with E-state index in [-0.39, 0.29) is 40.7 Å². The Morgan fingerprint density at radius 3 is 2.48 bits per heavy atom. The molecule has 5 rings (SSSR count). The van der Waals surface area contributed by atoms with Gasteiger partial charge in [-0.15, -0.1) is 0 Å². The van der Waals surface area contributed by atoms with E-state index >= 15 is 0 Å². The Morgan fingerprint density at radius 1 is 1.16 bits per heavy atom. The Hall–Kier alpha value is -4.08. The smallest absolute Gasteiger partial charge is 0.379 e. The number of nitrogens with zero attached hydrogens (tertiary/aromatic N) is 3. The van der Waals surface area contributed by atoms with E-state index in [0.29, 0.717) is 0 Å². The second kappa shape index (κ2) is 7.01. The number of fused-ring (bicyclic) bond motifs is 5. The van der Waals surface area contributed by atoms with E-state index in [9.17, 15) is 24.5 Å². The molecular formula is C21H15N3O7.